The van der Waals surface area contributed by atoms with E-state index in [4.69, 9.17) is 17.3 Å². The van der Waals surface area contributed by atoms with Gasteiger partial charge in [-0.15, -0.1) is 0 Å². The monoisotopic (exact) mass is 209 g/mol. The molecule has 74 valence electrons. The maximum Gasteiger partial charge on any atom is 0.247 e. The normalized spacial score (nSPS) is 16.4. The fraction of sp³-hybridized carbons (Fsp3) is 0.364. The van der Waals surface area contributed by atoms with Crippen LogP contribution in [0.1, 0.15) is 18.4 Å². The van der Waals surface area contributed by atoms with Gasteiger partial charge in [0.2, 0.25) is 5.84 Å². The number of halogens is 1. The fourth-order valence-corrected chi connectivity index (χ4v) is 2.01. The van der Waals surface area contributed by atoms with Crippen LogP contribution >= 0.6 is 11.6 Å². The number of nitrogens with two attached hydrogens (primary N) is 1. The lowest BCUT2D eigenvalue weighted by Crippen LogP contribution is -2.19. The summed E-state index contributed by atoms with van der Waals surface area (Å²) in [5, 5.41) is 0.769. The van der Waals surface area contributed by atoms with Gasteiger partial charge in [-0.05, 0) is 25.0 Å². The molecule has 0 unspecified atom stereocenters. The molecule has 0 aliphatic carbocycles. The quantitative estimate of drug-likeness (QED) is 0.708. The molecule has 1 aliphatic rings. The van der Waals surface area contributed by atoms with E-state index in [1.165, 1.54) is 5.56 Å². The molecule has 0 radical (unpaired) electrons. The van der Waals surface area contributed by atoms with Crippen molar-refractivity contribution in [1.82, 2.24) is 0 Å². The van der Waals surface area contributed by atoms with Crippen LogP contribution in [0.15, 0.2) is 18.2 Å². The van der Waals surface area contributed by atoms with Crippen molar-refractivity contribution in [2.45, 2.75) is 19.8 Å². The number of benzene rings is 1. The molecule has 0 fully saturated rings. The number of nitrogens with zero attached hydrogens (tertiary/aromatic N) is 1. The Balaban J connectivity index is 2.50. The van der Waals surface area contributed by atoms with Crippen molar-refractivity contribution in [3.63, 3.8) is 0 Å². The summed E-state index contributed by atoms with van der Waals surface area (Å²) in [4.78, 5) is 0. The second kappa shape index (κ2) is 3.62. The predicted molar refractivity (Wildman–Crippen MR) is 59.4 cm³/mol. The SMILES string of the molecule is Cc1ccc(Cl)cc1[N+]1=C(N)CCC1. The van der Waals surface area contributed by atoms with Crippen molar-refractivity contribution in [2.24, 2.45) is 5.73 Å². The molecular weight excluding hydrogens is 196 g/mol. The summed E-state index contributed by atoms with van der Waals surface area (Å²) in [6.07, 6.45) is 2.13. The topological polar surface area (TPSA) is 29.0 Å². The number of hydrogen-bond acceptors (Lipinski definition) is 1. The van der Waals surface area contributed by atoms with Crippen LogP contribution in [0.3, 0.4) is 0 Å². The third-order valence-corrected chi connectivity index (χ3v) is 2.86. The second-order valence-corrected chi connectivity index (χ2v) is 4.11. The molecule has 2 rings (SSSR count). The Bertz CT molecular complexity index is 396. The molecule has 1 aliphatic heterocycles. The summed E-state index contributed by atoms with van der Waals surface area (Å²) in [7, 11) is 0. The molecule has 1 aromatic carbocycles. The Morgan fingerprint density at radius 2 is 2.21 bits per heavy atom. The first kappa shape index (κ1) is 9.53. The average molecular weight is 210 g/mol. The van der Waals surface area contributed by atoms with Gasteiger partial charge in [0.25, 0.3) is 0 Å². The molecule has 3 heteroatoms. The number of amidine groups is 1. The van der Waals surface area contributed by atoms with Crippen LogP contribution in [0.2, 0.25) is 5.02 Å². The van der Waals surface area contributed by atoms with E-state index < -0.39 is 0 Å². The van der Waals surface area contributed by atoms with E-state index in [0.717, 1.165) is 35.9 Å². The smallest absolute Gasteiger partial charge is 0.247 e. The summed E-state index contributed by atoms with van der Waals surface area (Å²) in [5.74, 6) is 0.954. The Kier molecular flexibility index (Phi) is 2.46. The first-order chi connectivity index (χ1) is 6.68. The van der Waals surface area contributed by atoms with Crippen molar-refractivity contribution in [1.29, 1.82) is 0 Å². The zero-order valence-corrected chi connectivity index (χ0v) is 9.01. The third-order valence-electron chi connectivity index (χ3n) is 2.62. The van der Waals surface area contributed by atoms with Crippen LogP contribution < -0.4 is 5.73 Å². The zero-order chi connectivity index (χ0) is 10.1. The highest BCUT2D eigenvalue weighted by atomic mass is 35.5. The number of hydrogen-bond donors (Lipinski definition) is 1. The van der Waals surface area contributed by atoms with Crippen molar-refractivity contribution in [3.8, 4) is 0 Å². The van der Waals surface area contributed by atoms with Crippen molar-refractivity contribution < 1.29 is 4.58 Å². The summed E-state index contributed by atoms with van der Waals surface area (Å²) < 4.78 is 2.15. The molecule has 2 nitrogen and oxygen atoms in total. The number of aryl methyl sites for hydroxylation is 1. The first-order valence-electron chi connectivity index (χ1n) is 4.83. The minimum atomic E-state index is 0.769. The van der Waals surface area contributed by atoms with E-state index >= 15 is 0 Å². The van der Waals surface area contributed by atoms with E-state index in [9.17, 15) is 0 Å². The van der Waals surface area contributed by atoms with E-state index in [2.05, 4.69) is 11.5 Å². The van der Waals surface area contributed by atoms with Crippen LogP contribution in [-0.2, 0) is 0 Å². The van der Waals surface area contributed by atoms with E-state index in [1.807, 2.05) is 18.2 Å². The molecule has 0 aromatic heterocycles. The van der Waals surface area contributed by atoms with Gasteiger partial charge in [0, 0.05) is 11.1 Å². The molecule has 1 aromatic rings. The highest BCUT2D eigenvalue weighted by molar-refractivity contribution is 6.30. The van der Waals surface area contributed by atoms with Gasteiger partial charge in [-0.1, -0.05) is 17.7 Å². The van der Waals surface area contributed by atoms with E-state index in [1.54, 1.807) is 0 Å². The first-order valence-corrected chi connectivity index (χ1v) is 5.21. The van der Waals surface area contributed by atoms with Crippen LogP contribution in [0.5, 0.6) is 0 Å². The van der Waals surface area contributed by atoms with Crippen LogP contribution in [-0.4, -0.2) is 17.0 Å². The molecule has 0 atom stereocenters. The van der Waals surface area contributed by atoms with Gasteiger partial charge >= 0.3 is 0 Å². The predicted octanol–water partition coefficient (Wildman–Crippen LogP) is 2.44. The molecule has 2 N–H and O–H groups in total. The maximum absolute atomic E-state index is 5.97. The molecule has 0 saturated carbocycles. The lowest BCUT2D eigenvalue weighted by molar-refractivity contribution is -0.432. The standard InChI is InChI=1S/C11H13ClN2/c1-8-4-5-9(12)7-10(8)14-6-2-3-11(14)13/h4-5,7,13H,2-3,6H2,1H3/p+1. The van der Waals surface area contributed by atoms with Gasteiger partial charge in [-0.3, -0.25) is 5.73 Å². The zero-order valence-electron chi connectivity index (χ0n) is 8.26. The van der Waals surface area contributed by atoms with Gasteiger partial charge in [0.05, 0.1) is 13.0 Å². The van der Waals surface area contributed by atoms with Crippen LogP contribution in [0.4, 0.5) is 5.69 Å². The molecular formula is C11H14ClN2+. The molecule has 0 amide bonds. The average Bonchev–Trinajstić information content (AvgIpc) is 2.56. The summed E-state index contributed by atoms with van der Waals surface area (Å²) in [6, 6.07) is 5.92. The minimum Gasteiger partial charge on any atom is -0.291 e. The van der Waals surface area contributed by atoms with Gasteiger partial charge in [0.1, 0.15) is 5.69 Å². The van der Waals surface area contributed by atoms with Gasteiger partial charge in [-0.2, -0.15) is 0 Å². The van der Waals surface area contributed by atoms with E-state index in [-0.39, 0.29) is 0 Å². The Morgan fingerprint density at radius 1 is 1.43 bits per heavy atom. The molecule has 1 heterocycles. The summed E-state index contributed by atoms with van der Waals surface area (Å²) in [5.41, 5.74) is 8.30. The summed E-state index contributed by atoms with van der Waals surface area (Å²) >= 11 is 5.97. The van der Waals surface area contributed by atoms with Crippen LogP contribution in [0, 0.1) is 6.92 Å². The lowest BCUT2D eigenvalue weighted by Gasteiger charge is -2.06. The number of rotatable bonds is 1. The van der Waals surface area contributed by atoms with Crippen molar-refractivity contribution in [3.05, 3.63) is 28.8 Å². The molecule has 14 heavy (non-hydrogen) atoms. The summed E-state index contributed by atoms with van der Waals surface area (Å²) in [6.45, 7) is 3.09. The largest absolute Gasteiger partial charge is 0.291 e. The van der Waals surface area contributed by atoms with Crippen molar-refractivity contribution in [2.75, 3.05) is 6.54 Å². The molecule has 0 saturated heterocycles. The second-order valence-electron chi connectivity index (χ2n) is 3.68. The van der Waals surface area contributed by atoms with Crippen LogP contribution in [0.25, 0.3) is 0 Å². The van der Waals surface area contributed by atoms with Gasteiger partial charge in [-0.25, -0.2) is 4.58 Å². The Labute approximate surface area is 89.0 Å². The van der Waals surface area contributed by atoms with Gasteiger partial charge < -0.3 is 0 Å². The Hall–Kier alpha value is -1.02. The third kappa shape index (κ3) is 1.62. The van der Waals surface area contributed by atoms with Gasteiger partial charge in [0.15, 0.2) is 0 Å². The fourth-order valence-electron chi connectivity index (χ4n) is 1.85. The molecule has 0 spiro atoms. The lowest BCUT2D eigenvalue weighted by atomic mass is 10.2. The van der Waals surface area contributed by atoms with Crippen molar-refractivity contribution >= 4 is 23.1 Å². The Morgan fingerprint density at radius 3 is 2.86 bits per heavy atom. The van der Waals surface area contributed by atoms with E-state index in [0.29, 0.717) is 0 Å². The molecule has 0 bridgehead atoms. The highest BCUT2D eigenvalue weighted by Crippen LogP contribution is 2.25. The maximum atomic E-state index is 5.97. The minimum absolute atomic E-state index is 0.769. The highest BCUT2D eigenvalue weighted by Gasteiger charge is 2.20.